The van der Waals surface area contributed by atoms with Gasteiger partial charge in [-0.3, -0.25) is 0 Å². The minimum Gasteiger partial charge on any atom is -0.464 e. The first kappa shape index (κ1) is 11.0. The molecule has 0 aromatic carbocycles. The fourth-order valence-electron chi connectivity index (χ4n) is 1.66. The maximum atomic E-state index is 8.65. The highest BCUT2D eigenvalue weighted by atomic mass is 16.3. The van der Waals surface area contributed by atoms with Crippen LogP contribution in [0, 0.1) is 0 Å². The number of aliphatic hydroxyl groups is 1. The van der Waals surface area contributed by atoms with E-state index < -0.39 is 0 Å². The van der Waals surface area contributed by atoms with Crippen molar-refractivity contribution in [1.29, 1.82) is 0 Å². The zero-order chi connectivity index (χ0) is 11.2. The summed E-state index contributed by atoms with van der Waals surface area (Å²) in [7, 11) is 0. The number of fused-ring (bicyclic) bond motifs is 1. The van der Waals surface area contributed by atoms with Gasteiger partial charge in [-0.1, -0.05) is 0 Å². The number of nitrogens with one attached hydrogen (secondary N) is 1. The zero-order valence-electron chi connectivity index (χ0n) is 9.15. The van der Waals surface area contributed by atoms with E-state index in [1.807, 2.05) is 12.1 Å². The van der Waals surface area contributed by atoms with Gasteiger partial charge in [0.2, 0.25) is 0 Å². The van der Waals surface area contributed by atoms with Crippen LogP contribution < -0.4 is 5.32 Å². The highest BCUT2D eigenvalue weighted by Gasteiger charge is 2.03. The van der Waals surface area contributed by atoms with Crippen LogP contribution in [0.5, 0.6) is 0 Å². The van der Waals surface area contributed by atoms with Crippen LogP contribution in [0.4, 0.5) is 5.82 Å². The van der Waals surface area contributed by atoms with Crippen molar-refractivity contribution in [2.75, 3.05) is 18.5 Å². The van der Waals surface area contributed by atoms with Gasteiger partial charge >= 0.3 is 0 Å². The Morgan fingerprint density at radius 3 is 3.06 bits per heavy atom. The Labute approximate surface area is 94.3 Å². The number of hydrogen-bond donors (Lipinski definition) is 2. The smallest absolute Gasteiger partial charge is 0.139 e. The molecule has 0 atom stereocenters. The van der Waals surface area contributed by atoms with Crippen molar-refractivity contribution < 1.29 is 9.52 Å². The summed E-state index contributed by atoms with van der Waals surface area (Å²) in [6.45, 7) is 1.15. The minimum absolute atomic E-state index is 0.273. The Hall–Kier alpha value is -1.55. The second-order valence-corrected chi connectivity index (χ2v) is 3.70. The van der Waals surface area contributed by atoms with E-state index in [0.29, 0.717) is 0 Å². The van der Waals surface area contributed by atoms with Gasteiger partial charge in [-0.25, -0.2) is 4.98 Å². The van der Waals surface area contributed by atoms with Crippen LogP contribution in [0.1, 0.15) is 19.3 Å². The summed E-state index contributed by atoms with van der Waals surface area (Å²) >= 11 is 0. The lowest BCUT2D eigenvalue weighted by Gasteiger charge is -2.05. The van der Waals surface area contributed by atoms with Crippen LogP contribution in [-0.2, 0) is 0 Å². The molecule has 0 saturated heterocycles. The van der Waals surface area contributed by atoms with Gasteiger partial charge in [0.1, 0.15) is 11.4 Å². The number of nitrogens with zero attached hydrogens (tertiary/aromatic N) is 1. The number of aromatic nitrogens is 1. The number of unbranched alkanes of at least 4 members (excludes halogenated alkanes) is 2. The molecule has 2 rings (SSSR count). The lowest BCUT2D eigenvalue weighted by molar-refractivity contribution is 0.283. The number of furan rings is 1. The molecule has 2 heterocycles. The Kier molecular flexibility index (Phi) is 3.77. The van der Waals surface area contributed by atoms with Crippen LogP contribution >= 0.6 is 0 Å². The van der Waals surface area contributed by atoms with Gasteiger partial charge in [0.05, 0.1) is 11.6 Å². The van der Waals surface area contributed by atoms with Crippen molar-refractivity contribution in [3.8, 4) is 0 Å². The lowest BCUT2D eigenvalue weighted by atomic mass is 10.2. The van der Waals surface area contributed by atoms with E-state index in [1.165, 1.54) is 0 Å². The van der Waals surface area contributed by atoms with Gasteiger partial charge < -0.3 is 14.8 Å². The Balaban J connectivity index is 1.91. The van der Waals surface area contributed by atoms with Crippen molar-refractivity contribution in [2.45, 2.75) is 19.3 Å². The van der Waals surface area contributed by atoms with E-state index in [0.717, 1.165) is 42.6 Å². The monoisotopic (exact) mass is 220 g/mol. The first-order valence-electron chi connectivity index (χ1n) is 5.59. The molecule has 0 saturated carbocycles. The van der Waals surface area contributed by atoms with Crippen molar-refractivity contribution >= 4 is 16.8 Å². The molecule has 0 aliphatic heterocycles. The Bertz CT molecular complexity index is 439. The van der Waals surface area contributed by atoms with Gasteiger partial charge in [-0.15, -0.1) is 0 Å². The topological polar surface area (TPSA) is 58.3 Å². The van der Waals surface area contributed by atoms with Gasteiger partial charge in [0, 0.05) is 19.3 Å². The molecule has 0 fully saturated rings. The molecule has 16 heavy (non-hydrogen) atoms. The van der Waals surface area contributed by atoms with Crippen molar-refractivity contribution in [3.63, 3.8) is 0 Å². The van der Waals surface area contributed by atoms with Crippen LogP contribution in [-0.4, -0.2) is 23.2 Å². The zero-order valence-corrected chi connectivity index (χ0v) is 9.15. The second-order valence-electron chi connectivity index (χ2n) is 3.70. The average molecular weight is 220 g/mol. The quantitative estimate of drug-likeness (QED) is 0.734. The van der Waals surface area contributed by atoms with Crippen molar-refractivity contribution in [2.24, 2.45) is 0 Å². The molecular formula is C12H16N2O2. The maximum Gasteiger partial charge on any atom is 0.139 e. The first-order chi connectivity index (χ1) is 7.92. The largest absolute Gasteiger partial charge is 0.464 e. The van der Waals surface area contributed by atoms with E-state index in [9.17, 15) is 0 Å². The van der Waals surface area contributed by atoms with Crippen LogP contribution in [0.15, 0.2) is 29.0 Å². The third-order valence-corrected chi connectivity index (χ3v) is 2.51. The van der Waals surface area contributed by atoms with E-state index in [-0.39, 0.29) is 6.61 Å². The number of hydrogen-bond acceptors (Lipinski definition) is 4. The molecule has 0 spiro atoms. The number of rotatable bonds is 6. The van der Waals surface area contributed by atoms with E-state index in [2.05, 4.69) is 10.3 Å². The van der Waals surface area contributed by atoms with E-state index in [1.54, 1.807) is 12.5 Å². The van der Waals surface area contributed by atoms with Crippen LogP contribution in [0.25, 0.3) is 11.0 Å². The SMILES string of the molecule is OCCCCCNc1nccc2occc12. The number of aliphatic hydroxyl groups excluding tert-OH is 1. The molecule has 2 aromatic rings. The molecule has 0 aliphatic carbocycles. The Morgan fingerprint density at radius 1 is 1.25 bits per heavy atom. The third kappa shape index (κ3) is 2.52. The molecule has 0 bridgehead atoms. The predicted molar refractivity (Wildman–Crippen MR) is 63.4 cm³/mol. The first-order valence-corrected chi connectivity index (χ1v) is 5.59. The normalized spacial score (nSPS) is 10.8. The number of pyridine rings is 1. The maximum absolute atomic E-state index is 8.65. The summed E-state index contributed by atoms with van der Waals surface area (Å²) in [6.07, 6.45) is 6.34. The molecule has 0 amide bonds. The molecule has 2 aromatic heterocycles. The molecule has 2 N–H and O–H groups in total. The molecule has 4 nitrogen and oxygen atoms in total. The second kappa shape index (κ2) is 5.51. The van der Waals surface area contributed by atoms with Gasteiger partial charge in [0.15, 0.2) is 0 Å². The minimum atomic E-state index is 0.273. The fraction of sp³-hybridized carbons (Fsp3) is 0.417. The summed E-state index contributed by atoms with van der Waals surface area (Å²) in [5.74, 6) is 0.871. The lowest BCUT2D eigenvalue weighted by Crippen LogP contribution is -2.03. The number of anilines is 1. The molecule has 0 aliphatic rings. The molecule has 0 radical (unpaired) electrons. The summed E-state index contributed by atoms with van der Waals surface area (Å²) in [6, 6.07) is 3.77. The molecule has 0 unspecified atom stereocenters. The van der Waals surface area contributed by atoms with E-state index in [4.69, 9.17) is 9.52 Å². The fourth-order valence-corrected chi connectivity index (χ4v) is 1.66. The predicted octanol–water partition coefficient (Wildman–Crippen LogP) is 2.40. The third-order valence-electron chi connectivity index (χ3n) is 2.51. The molecular weight excluding hydrogens is 204 g/mol. The van der Waals surface area contributed by atoms with Gasteiger partial charge in [0.25, 0.3) is 0 Å². The standard InChI is InChI=1S/C12H16N2O2/c15-8-3-1-2-6-13-12-10-5-9-16-11(10)4-7-14-12/h4-5,7,9,15H,1-3,6,8H2,(H,13,14). The molecule has 4 heteroatoms. The summed E-state index contributed by atoms with van der Waals surface area (Å²) in [4.78, 5) is 4.28. The highest BCUT2D eigenvalue weighted by molar-refractivity contribution is 5.87. The van der Waals surface area contributed by atoms with Crippen LogP contribution in [0.2, 0.25) is 0 Å². The summed E-state index contributed by atoms with van der Waals surface area (Å²) in [5, 5.41) is 12.9. The van der Waals surface area contributed by atoms with E-state index >= 15 is 0 Å². The average Bonchev–Trinajstić information content (AvgIpc) is 2.77. The highest BCUT2D eigenvalue weighted by Crippen LogP contribution is 2.21. The van der Waals surface area contributed by atoms with Gasteiger partial charge in [-0.2, -0.15) is 0 Å². The summed E-state index contributed by atoms with van der Waals surface area (Å²) < 4.78 is 5.29. The molecule has 86 valence electrons. The van der Waals surface area contributed by atoms with Crippen LogP contribution in [0.3, 0.4) is 0 Å². The summed E-state index contributed by atoms with van der Waals surface area (Å²) in [5.41, 5.74) is 0.854. The van der Waals surface area contributed by atoms with Crippen molar-refractivity contribution in [3.05, 3.63) is 24.6 Å². The van der Waals surface area contributed by atoms with Gasteiger partial charge in [-0.05, 0) is 31.4 Å². The Morgan fingerprint density at radius 2 is 2.19 bits per heavy atom. The van der Waals surface area contributed by atoms with Crippen molar-refractivity contribution in [1.82, 2.24) is 4.98 Å².